The summed E-state index contributed by atoms with van der Waals surface area (Å²) < 4.78 is 10.8. The topological polar surface area (TPSA) is 51.7 Å². The van der Waals surface area contributed by atoms with E-state index in [2.05, 4.69) is 4.98 Å². The van der Waals surface area contributed by atoms with Crippen LogP contribution in [0.5, 0.6) is 5.75 Å². The third-order valence-electron chi connectivity index (χ3n) is 3.99. The van der Waals surface area contributed by atoms with Crippen molar-refractivity contribution >= 4 is 23.3 Å². The van der Waals surface area contributed by atoms with Gasteiger partial charge in [0.25, 0.3) is 0 Å². The zero-order chi connectivity index (χ0) is 17.8. The van der Waals surface area contributed by atoms with Crippen molar-refractivity contribution in [1.82, 2.24) is 9.88 Å². The van der Waals surface area contributed by atoms with Crippen LogP contribution in [0.1, 0.15) is 19.5 Å². The summed E-state index contributed by atoms with van der Waals surface area (Å²) in [5, 5.41) is 2.87. The van der Waals surface area contributed by atoms with Gasteiger partial charge in [-0.05, 0) is 44.2 Å². The Kier molecular flexibility index (Phi) is 5.50. The molecule has 0 spiro atoms. The number of carbonyl (C=O) groups excluding carboxylic acids is 1. The number of hydrogen-bond donors (Lipinski definition) is 0. The maximum Gasteiger partial charge on any atom is 0.246 e. The molecule has 0 bridgehead atoms. The van der Waals surface area contributed by atoms with Crippen molar-refractivity contribution < 1.29 is 14.3 Å². The molecule has 1 aromatic carbocycles. The third-order valence-corrected chi connectivity index (χ3v) is 4.90. The van der Waals surface area contributed by atoms with Gasteiger partial charge in [0.2, 0.25) is 5.91 Å². The van der Waals surface area contributed by atoms with Gasteiger partial charge in [-0.2, -0.15) is 0 Å². The molecule has 0 aliphatic carbocycles. The second-order valence-corrected chi connectivity index (χ2v) is 7.00. The maximum atomic E-state index is 12.4. The highest BCUT2D eigenvalue weighted by Crippen LogP contribution is 2.26. The van der Waals surface area contributed by atoms with Gasteiger partial charge in [-0.3, -0.25) is 4.79 Å². The molecule has 1 amide bonds. The summed E-state index contributed by atoms with van der Waals surface area (Å²) >= 11 is 1.56. The predicted octanol–water partition coefficient (Wildman–Crippen LogP) is 3.47. The van der Waals surface area contributed by atoms with E-state index in [9.17, 15) is 4.79 Å². The average Bonchev–Trinajstić information content (AvgIpc) is 3.08. The Bertz CT molecular complexity index is 744. The van der Waals surface area contributed by atoms with E-state index in [-0.39, 0.29) is 18.1 Å². The molecule has 2 atom stereocenters. The maximum absolute atomic E-state index is 12.4. The van der Waals surface area contributed by atoms with E-state index in [1.165, 1.54) is 0 Å². The number of carbonyl (C=O) groups is 1. The van der Waals surface area contributed by atoms with Crippen molar-refractivity contribution in [3.05, 3.63) is 41.4 Å². The average molecular weight is 358 g/mol. The van der Waals surface area contributed by atoms with Crippen LogP contribution in [0.25, 0.3) is 16.6 Å². The lowest BCUT2D eigenvalue weighted by Crippen LogP contribution is -2.47. The highest BCUT2D eigenvalue weighted by Gasteiger charge is 2.24. The Balaban J connectivity index is 1.66. The van der Waals surface area contributed by atoms with Gasteiger partial charge in [-0.1, -0.05) is 0 Å². The summed E-state index contributed by atoms with van der Waals surface area (Å²) in [6.45, 7) is 5.23. The van der Waals surface area contributed by atoms with E-state index in [1.54, 1.807) is 30.6 Å². The zero-order valence-corrected chi connectivity index (χ0v) is 15.5. The summed E-state index contributed by atoms with van der Waals surface area (Å²) in [6, 6.07) is 7.78. The van der Waals surface area contributed by atoms with Gasteiger partial charge >= 0.3 is 0 Å². The van der Waals surface area contributed by atoms with Gasteiger partial charge in [-0.25, -0.2) is 4.98 Å². The first kappa shape index (κ1) is 17.6. The number of nitrogens with zero attached hydrogens (tertiary/aromatic N) is 2. The Morgan fingerprint density at radius 1 is 1.28 bits per heavy atom. The van der Waals surface area contributed by atoms with E-state index in [0.717, 1.165) is 22.0 Å². The van der Waals surface area contributed by atoms with Crippen molar-refractivity contribution in [2.45, 2.75) is 26.1 Å². The van der Waals surface area contributed by atoms with Crippen molar-refractivity contribution in [2.75, 3.05) is 20.2 Å². The van der Waals surface area contributed by atoms with E-state index in [1.807, 2.05) is 48.4 Å². The van der Waals surface area contributed by atoms with Crippen LogP contribution in [-0.4, -0.2) is 48.2 Å². The number of hydrogen-bond acceptors (Lipinski definition) is 5. The molecule has 0 saturated carbocycles. The lowest BCUT2D eigenvalue weighted by Gasteiger charge is -2.34. The van der Waals surface area contributed by atoms with Crippen molar-refractivity contribution in [2.24, 2.45) is 0 Å². The minimum absolute atomic E-state index is 0.000924. The molecule has 2 unspecified atom stereocenters. The fraction of sp³-hybridized carbons (Fsp3) is 0.368. The number of methoxy groups -OCH3 is 1. The van der Waals surface area contributed by atoms with Gasteiger partial charge < -0.3 is 14.4 Å². The first-order valence-electron chi connectivity index (χ1n) is 8.27. The summed E-state index contributed by atoms with van der Waals surface area (Å²) in [5.41, 5.74) is 1.83. The lowest BCUT2D eigenvalue weighted by molar-refractivity contribution is -0.137. The van der Waals surface area contributed by atoms with E-state index in [4.69, 9.17) is 9.47 Å². The van der Waals surface area contributed by atoms with E-state index >= 15 is 0 Å². The number of thiazole rings is 1. The monoisotopic (exact) mass is 358 g/mol. The normalized spacial score (nSPS) is 20.8. The van der Waals surface area contributed by atoms with Gasteiger partial charge in [0.1, 0.15) is 10.8 Å². The van der Waals surface area contributed by atoms with E-state index < -0.39 is 0 Å². The Hall–Kier alpha value is -2.18. The van der Waals surface area contributed by atoms with Gasteiger partial charge in [-0.15, -0.1) is 11.3 Å². The number of aromatic nitrogens is 1. The highest BCUT2D eigenvalue weighted by atomic mass is 32.1. The zero-order valence-electron chi connectivity index (χ0n) is 14.6. The van der Waals surface area contributed by atoms with Gasteiger partial charge in [0, 0.05) is 30.1 Å². The molecule has 1 aromatic heterocycles. The Morgan fingerprint density at radius 2 is 1.96 bits per heavy atom. The molecule has 3 rings (SSSR count). The first-order chi connectivity index (χ1) is 12.0. The molecule has 1 fully saturated rings. The molecule has 1 aliphatic heterocycles. The molecular formula is C19H22N2O3S. The second kappa shape index (κ2) is 7.80. The lowest BCUT2D eigenvalue weighted by atomic mass is 10.2. The van der Waals surface area contributed by atoms with Crippen LogP contribution in [-0.2, 0) is 9.53 Å². The molecule has 2 heterocycles. The van der Waals surface area contributed by atoms with Crippen molar-refractivity contribution in [3.63, 3.8) is 0 Å². The molecule has 132 valence electrons. The van der Waals surface area contributed by atoms with Crippen LogP contribution < -0.4 is 4.74 Å². The summed E-state index contributed by atoms with van der Waals surface area (Å²) in [6.07, 6.45) is 3.51. The number of amides is 1. The van der Waals surface area contributed by atoms with Crippen LogP contribution in [0, 0.1) is 0 Å². The fourth-order valence-corrected chi connectivity index (χ4v) is 3.64. The molecule has 0 radical (unpaired) electrons. The van der Waals surface area contributed by atoms with Crippen molar-refractivity contribution in [1.29, 1.82) is 0 Å². The molecule has 25 heavy (non-hydrogen) atoms. The van der Waals surface area contributed by atoms with E-state index in [0.29, 0.717) is 13.1 Å². The Labute approximate surface area is 151 Å². The molecule has 1 aliphatic rings. The summed E-state index contributed by atoms with van der Waals surface area (Å²) in [7, 11) is 1.65. The smallest absolute Gasteiger partial charge is 0.246 e. The SMILES string of the molecule is COc1ccc(-c2nc(C=CC(=O)N3CC(C)OC(C)C3)cs2)cc1. The van der Waals surface area contributed by atoms with Crippen LogP contribution in [0.4, 0.5) is 0 Å². The molecule has 1 saturated heterocycles. The highest BCUT2D eigenvalue weighted by molar-refractivity contribution is 7.13. The number of ether oxygens (including phenoxy) is 2. The third kappa shape index (κ3) is 4.46. The number of morpholine rings is 1. The molecular weight excluding hydrogens is 336 g/mol. The van der Waals surface area contributed by atoms with Crippen molar-refractivity contribution in [3.8, 4) is 16.3 Å². The minimum Gasteiger partial charge on any atom is -0.497 e. The fourth-order valence-electron chi connectivity index (χ4n) is 2.85. The molecule has 6 heteroatoms. The predicted molar refractivity (Wildman–Crippen MR) is 99.7 cm³/mol. The minimum atomic E-state index is 0.000924. The molecule has 2 aromatic rings. The molecule has 5 nitrogen and oxygen atoms in total. The van der Waals surface area contributed by atoms with Crippen LogP contribution in [0.3, 0.4) is 0 Å². The van der Waals surface area contributed by atoms with Gasteiger partial charge in [0.05, 0.1) is 25.0 Å². The van der Waals surface area contributed by atoms with Crippen LogP contribution in [0.2, 0.25) is 0 Å². The molecule has 0 N–H and O–H groups in total. The summed E-state index contributed by atoms with van der Waals surface area (Å²) in [5.74, 6) is 0.820. The van der Waals surface area contributed by atoms with Gasteiger partial charge in [0.15, 0.2) is 0 Å². The summed E-state index contributed by atoms with van der Waals surface area (Å²) in [4.78, 5) is 18.8. The van der Waals surface area contributed by atoms with Crippen LogP contribution in [0.15, 0.2) is 35.7 Å². The Morgan fingerprint density at radius 3 is 2.60 bits per heavy atom. The first-order valence-corrected chi connectivity index (χ1v) is 9.15. The largest absolute Gasteiger partial charge is 0.497 e. The quantitative estimate of drug-likeness (QED) is 0.786. The number of rotatable bonds is 4. The standard InChI is InChI=1S/C19H22N2O3S/c1-13-10-21(11-14(2)24-13)18(22)9-6-16-12-25-19(20-16)15-4-7-17(23-3)8-5-15/h4-9,12-14H,10-11H2,1-3H3. The second-order valence-electron chi connectivity index (χ2n) is 6.14. The van der Waals surface area contributed by atoms with Crippen LogP contribution >= 0.6 is 11.3 Å². The number of benzene rings is 1.